The highest BCUT2D eigenvalue weighted by molar-refractivity contribution is 14.1. The highest BCUT2D eigenvalue weighted by atomic mass is 127. The zero-order chi connectivity index (χ0) is 11.5. The molecule has 0 saturated heterocycles. The minimum atomic E-state index is 0.781. The molecule has 2 nitrogen and oxygen atoms in total. The van der Waals surface area contributed by atoms with E-state index in [2.05, 4.69) is 46.5 Å². The van der Waals surface area contributed by atoms with Gasteiger partial charge in [-0.05, 0) is 60.1 Å². The van der Waals surface area contributed by atoms with Crippen LogP contribution in [0.1, 0.15) is 32.6 Å². The lowest BCUT2D eigenvalue weighted by Gasteiger charge is -2.26. The molecular formula is C13H19IN2. The van der Waals surface area contributed by atoms with Crippen molar-refractivity contribution in [1.29, 1.82) is 0 Å². The Labute approximate surface area is 111 Å². The molecular weight excluding hydrogens is 311 g/mol. The molecule has 16 heavy (non-hydrogen) atoms. The highest BCUT2D eigenvalue weighted by Gasteiger charge is 2.29. The van der Waals surface area contributed by atoms with Crippen LogP contribution in [0.25, 0.3) is 0 Å². The van der Waals surface area contributed by atoms with Crippen LogP contribution in [0.15, 0.2) is 18.2 Å². The second-order valence-electron chi connectivity index (χ2n) is 4.49. The summed E-state index contributed by atoms with van der Waals surface area (Å²) >= 11 is 2.39. The van der Waals surface area contributed by atoms with Crippen molar-refractivity contribution in [3.63, 3.8) is 0 Å². The first-order valence-electron chi connectivity index (χ1n) is 6.04. The number of anilines is 2. The van der Waals surface area contributed by atoms with Crippen molar-refractivity contribution in [2.75, 3.05) is 17.2 Å². The monoisotopic (exact) mass is 330 g/mol. The summed E-state index contributed by atoms with van der Waals surface area (Å²) in [7, 11) is 0. The van der Waals surface area contributed by atoms with Crippen molar-refractivity contribution in [2.45, 2.75) is 38.6 Å². The first-order chi connectivity index (χ1) is 7.72. The van der Waals surface area contributed by atoms with Crippen LogP contribution in [0.5, 0.6) is 0 Å². The molecule has 0 heterocycles. The van der Waals surface area contributed by atoms with Gasteiger partial charge in [-0.15, -0.1) is 0 Å². The predicted octanol–water partition coefficient (Wildman–Crippen LogP) is 3.64. The van der Waals surface area contributed by atoms with E-state index in [0.717, 1.165) is 11.7 Å². The molecule has 88 valence electrons. The predicted molar refractivity (Wildman–Crippen MR) is 78.8 cm³/mol. The number of nitrogens with zero attached hydrogens (tertiary/aromatic N) is 1. The van der Waals surface area contributed by atoms with E-state index >= 15 is 0 Å². The van der Waals surface area contributed by atoms with E-state index in [1.54, 1.807) is 0 Å². The molecule has 1 saturated carbocycles. The van der Waals surface area contributed by atoms with Crippen molar-refractivity contribution in [3.8, 4) is 0 Å². The summed E-state index contributed by atoms with van der Waals surface area (Å²) in [4.78, 5) is 2.56. The van der Waals surface area contributed by atoms with E-state index in [1.807, 2.05) is 6.07 Å². The van der Waals surface area contributed by atoms with E-state index in [4.69, 9.17) is 5.73 Å². The van der Waals surface area contributed by atoms with Gasteiger partial charge in [-0.3, -0.25) is 0 Å². The molecule has 1 aliphatic rings. The van der Waals surface area contributed by atoms with Crippen LogP contribution in [-0.2, 0) is 0 Å². The van der Waals surface area contributed by atoms with Gasteiger partial charge in [-0.1, -0.05) is 13.3 Å². The van der Waals surface area contributed by atoms with Crippen molar-refractivity contribution in [1.82, 2.24) is 0 Å². The lowest BCUT2D eigenvalue weighted by molar-refractivity contribution is 0.712. The molecule has 3 heteroatoms. The summed E-state index contributed by atoms with van der Waals surface area (Å²) in [6, 6.07) is 7.03. The summed E-state index contributed by atoms with van der Waals surface area (Å²) in [6.45, 7) is 3.43. The van der Waals surface area contributed by atoms with Crippen LogP contribution in [0.3, 0.4) is 0 Å². The number of nitrogen functional groups attached to an aromatic ring is 1. The number of nitrogens with two attached hydrogens (primary N) is 1. The van der Waals surface area contributed by atoms with Gasteiger partial charge in [0.25, 0.3) is 0 Å². The topological polar surface area (TPSA) is 29.3 Å². The van der Waals surface area contributed by atoms with Crippen molar-refractivity contribution in [2.24, 2.45) is 0 Å². The van der Waals surface area contributed by atoms with Gasteiger partial charge >= 0.3 is 0 Å². The van der Waals surface area contributed by atoms with Gasteiger partial charge in [0.15, 0.2) is 0 Å². The maximum atomic E-state index is 5.80. The maximum absolute atomic E-state index is 5.80. The third kappa shape index (κ3) is 2.81. The Morgan fingerprint density at radius 3 is 2.75 bits per heavy atom. The third-order valence-electron chi connectivity index (χ3n) is 3.02. The zero-order valence-corrected chi connectivity index (χ0v) is 11.9. The summed E-state index contributed by atoms with van der Waals surface area (Å²) in [5, 5.41) is 0. The van der Waals surface area contributed by atoms with Gasteiger partial charge in [-0.2, -0.15) is 0 Å². The van der Waals surface area contributed by atoms with Gasteiger partial charge in [0.2, 0.25) is 0 Å². The van der Waals surface area contributed by atoms with E-state index in [1.165, 1.54) is 41.5 Å². The number of unbranched alkanes of at least 4 members (excludes halogenated alkanes) is 1. The lowest BCUT2D eigenvalue weighted by Crippen LogP contribution is -2.27. The Kier molecular flexibility index (Phi) is 3.95. The second kappa shape index (κ2) is 5.25. The minimum absolute atomic E-state index is 0.781. The Bertz CT molecular complexity index is 361. The van der Waals surface area contributed by atoms with Crippen molar-refractivity contribution < 1.29 is 0 Å². The molecule has 1 aromatic rings. The first kappa shape index (κ1) is 12.0. The molecule has 2 rings (SSSR count). The Hall–Kier alpha value is -0.450. The molecule has 0 atom stereocenters. The molecule has 0 aromatic heterocycles. The van der Waals surface area contributed by atoms with Gasteiger partial charge in [0, 0.05) is 21.8 Å². The highest BCUT2D eigenvalue weighted by Crippen LogP contribution is 2.35. The van der Waals surface area contributed by atoms with Gasteiger partial charge < -0.3 is 10.6 Å². The van der Waals surface area contributed by atoms with Gasteiger partial charge in [-0.25, -0.2) is 0 Å². The van der Waals surface area contributed by atoms with Crippen LogP contribution in [0.2, 0.25) is 0 Å². The molecule has 1 aromatic carbocycles. The first-order valence-corrected chi connectivity index (χ1v) is 7.12. The van der Waals surface area contributed by atoms with E-state index < -0.39 is 0 Å². The molecule has 0 radical (unpaired) electrons. The van der Waals surface area contributed by atoms with Crippen LogP contribution < -0.4 is 10.6 Å². The Morgan fingerprint density at radius 1 is 1.44 bits per heavy atom. The molecule has 0 aliphatic heterocycles. The fourth-order valence-electron chi connectivity index (χ4n) is 1.97. The smallest absolute Gasteiger partial charge is 0.0505 e. The quantitative estimate of drug-likeness (QED) is 0.660. The largest absolute Gasteiger partial charge is 0.399 e. The SMILES string of the molecule is CCCCN(c1ccc(N)cc1I)C1CC1. The summed E-state index contributed by atoms with van der Waals surface area (Å²) < 4.78 is 1.28. The van der Waals surface area contributed by atoms with Crippen molar-refractivity contribution in [3.05, 3.63) is 21.8 Å². The second-order valence-corrected chi connectivity index (χ2v) is 5.65. The van der Waals surface area contributed by atoms with E-state index in [-0.39, 0.29) is 0 Å². The molecule has 0 amide bonds. The number of hydrogen-bond donors (Lipinski definition) is 1. The third-order valence-corrected chi connectivity index (χ3v) is 3.89. The minimum Gasteiger partial charge on any atom is -0.399 e. The van der Waals surface area contributed by atoms with Crippen LogP contribution in [0.4, 0.5) is 11.4 Å². The van der Waals surface area contributed by atoms with Gasteiger partial charge in [0.05, 0.1) is 5.69 Å². The number of hydrogen-bond acceptors (Lipinski definition) is 2. The number of benzene rings is 1. The average Bonchev–Trinajstić information content (AvgIpc) is 3.05. The van der Waals surface area contributed by atoms with Crippen LogP contribution in [-0.4, -0.2) is 12.6 Å². The lowest BCUT2D eigenvalue weighted by atomic mass is 10.2. The van der Waals surface area contributed by atoms with Gasteiger partial charge in [0.1, 0.15) is 0 Å². The fourth-order valence-corrected chi connectivity index (χ4v) is 2.82. The summed E-state index contributed by atoms with van der Waals surface area (Å²) in [5.74, 6) is 0. The summed E-state index contributed by atoms with van der Waals surface area (Å²) in [5.41, 5.74) is 8.02. The molecule has 0 bridgehead atoms. The van der Waals surface area contributed by atoms with E-state index in [0.29, 0.717) is 0 Å². The Morgan fingerprint density at radius 2 is 2.19 bits per heavy atom. The number of halogens is 1. The fraction of sp³-hybridized carbons (Fsp3) is 0.538. The molecule has 1 aliphatic carbocycles. The molecule has 1 fully saturated rings. The normalized spacial score (nSPS) is 15.1. The van der Waals surface area contributed by atoms with Crippen LogP contribution >= 0.6 is 22.6 Å². The average molecular weight is 330 g/mol. The standard InChI is InChI=1S/C13H19IN2/c1-2-3-8-16(11-5-6-11)13-7-4-10(15)9-12(13)14/h4,7,9,11H,2-3,5-6,8,15H2,1H3. The van der Waals surface area contributed by atoms with E-state index in [9.17, 15) is 0 Å². The number of rotatable bonds is 5. The molecule has 2 N–H and O–H groups in total. The van der Waals surface area contributed by atoms with Crippen LogP contribution in [0, 0.1) is 3.57 Å². The zero-order valence-electron chi connectivity index (χ0n) is 9.75. The molecule has 0 unspecified atom stereocenters. The maximum Gasteiger partial charge on any atom is 0.0505 e. The summed E-state index contributed by atoms with van der Waals surface area (Å²) in [6.07, 6.45) is 5.24. The molecule has 0 spiro atoms. The Balaban J connectivity index is 2.17. The van der Waals surface area contributed by atoms with Crippen molar-refractivity contribution >= 4 is 34.0 Å².